The van der Waals surface area contributed by atoms with Crippen molar-refractivity contribution in [2.45, 2.75) is 0 Å². The van der Waals surface area contributed by atoms with Crippen molar-refractivity contribution >= 4 is 11.8 Å². The minimum absolute atomic E-state index is 0.115. The number of aryl methyl sites for hydroxylation is 1. The highest BCUT2D eigenvalue weighted by Crippen LogP contribution is 2.04. The van der Waals surface area contributed by atoms with Crippen LogP contribution in [0, 0.1) is 0 Å². The number of hydrogen-bond acceptors (Lipinski definition) is 3. The first kappa shape index (κ1) is 7.59. The summed E-state index contributed by atoms with van der Waals surface area (Å²) in [4.78, 5) is 3.84. The molecule has 0 amide bonds. The topological polar surface area (TPSA) is 65.4 Å². The predicted molar refractivity (Wildman–Crippen MR) is 41.5 cm³/mol. The van der Waals surface area contributed by atoms with Gasteiger partial charge in [0.1, 0.15) is 0 Å². The van der Waals surface area contributed by atoms with Gasteiger partial charge in [-0.05, 0) is 0 Å². The van der Waals surface area contributed by atoms with Crippen LogP contribution in [0.5, 0.6) is 0 Å². The van der Waals surface area contributed by atoms with Crippen LogP contribution in [0.25, 0.3) is 0 Å². The lowest BCUT2D eigenvalue weighted by molar-refractivity contribution is 0.397. The maximum atomic E-state index is 5.29. The summed E-state index contributed by atoms with van der Waals surface area (Å²) in [5.74, 6) is 0.548. The molecule has 0 aliphatic rings. The number of nitrogens with zero attached hydrogens (tertiary/aromatic N) is 3. The van der Waals surface area contributed by atoms with Crippen molar-refractivity contribution in [1.29, 1.82) is 0 Å². The molecule has 1 heterocycles. The van der Waals surface area contributed by atoms with E-state index in [-0.39, 0.29) is 6.02 Å². The fourth-order valence-corrected chi connectivity index (χ4v) is 0.621. The van der Waals surface area contributed by atoms with Gasteiger partial charge >= 0.3 is 0 Å². The van der Waals surface area contributed by atoms with Crippen LogP contribution in [0.15, 0.2) is 17.3 Å². The Morgan fingerprint density at radius 3 is 3.00 bits per heavy atom. The summed E-state index contributed by atoms with van der Waals surface area (Å²) in [7, 11) is 3.27. The molecule has 2 N–H and O–H groups in total. The van der Waals surface area contributed by atoms with E-state index in [1.807, 2.05) is 7.05 Å². The van der Waals surface area contributed by atoms with E-state index in [4.69, 9.17) is 5.73 Å². The third-order valence-electron chi connectivity index (χ3n) is 1.13. The second kappa shape index (κ2) is 3.05. The second-order valence-electron chi connectivity index (χ2n) is 2.00. The van der Waals surface area contributed by atoms with Gasteiger partial charge in [-0.2, -0.15) is 10.1 Å². The van der Waals surface area contributed by atoms with Crippen LogP contribution in [-0.4, -0.2) is 22.9 Å². The molecule has 0 aliphatic carbocycles. The predicted octanol–water partition coefficient (Wildman–Crippen LogP) is 0.0127. The third kappa shape index (κ3) is 1.96. The van der Waals surface area contributed by atoms with Crippen LogP contribution in [0.2, 0.25) is 0 Å². The Hall–Kier alpha value is -1.52. The molecule has 1 rings (SSSR count). The molecule has 0 atom stereocenters. The number of rotatable bonds is 1. The average Bonchev–Trinajstić information content (AvgIpc) is 2.35. The Balaban J connectivity index is 2.78. The first-order valence-electron chi connectivity index (χ1n) is 3.10. The van der Waals surface area contributed by atoms with Gasteiger partial charge in [-0.1, -0.05) is 0 Å². The summed E-state index contributed by atoms with van der Waals surface area (Å²) < 4.78 is 6.28. The van der Waals surface area contributed by atoms with Gasteiger partial charge in [-0.15, -0.1) is 0 Å². The number of aromatic nitrogens is 2. The summed E-state index contributed by atoms with van der Waals surface area (Å²) in [6.07, 6.45) is 1.78. The minimum Gasteiger partial charge on any atom is -0.468 e. The zero-order chi connectivity index (χ0) is 8.27. The van der Waals surface area contributed by atoms with Crippen molar-refractivity contribution in [1.82, 2.24) is 9.78 Å². The monoisotopic (exact) mass is 154 g/mol. The Bertz CT molecular complexity index is 265. The van der Waals surface area contributed by atoms with Crippen LogP contribution in [0.4, 0.5) is 5.82 Å². The number of hydrogen-bond donors (Lipinski definition) is 1. The number of aliphatic imine (C=N–C) groups is 1. The maximum absolute atomic E-state index is 5.29. The van der Waals surface area contributed by atoms with Gasteiger partial charge in [-0.3, -0.25) is 4.68 Å². The van der Waals surface area contributed by atoms with E-state index in [0.29, 0.717) is 5.82 Å². The summed E-state index contributed by atoms with van der Waals surface area (Å²) >= 11 is 0. The van der Waals surface area contributed by atoms with Gasteiger partial charge in [0.2, 0.25) is 0 Å². The maximum Gasteiger partial charge on any atom is 0.288 e. The highest BCUT2D eigenvalue weighted by atomic mass is 16.5. The molecule has 0 saturated carbocycles. The molecule has 0 spiro atoms. The SMILES string of the molecule is COC(N)=Nc1ccn(C)n1. The molecule has 0 bridgehead atoms. The molecule has 5 nitrogen and oxygen atoms in total. The van der Waals surface area contributed by atoms with Crippen molar-refractivity contribution in [2.24, 2.45) is 17.8 Å². The van der Waals surface area contributed by atoms with Crippen molar-refractivity contribution in [3.63, 3.8) is 0 Å². The van der Waals surface area contributed by atoms with E-state index in [9.17, 15) is 0 Å². The normalized spacial score (nSPS) is 11.6. The van der Waals surface area contributed by atoms with Crippen molar-refractivity contribution in [2.75, 3.05) is 7.11 Å². The lowest BCUT2D eigenvalue weighted by Crippen LogP contribution is -2.12. The minimum atomic E-state index is 0.115. The van der Waals surface area contributed by atoms with E-state index >= 15 is 0 Å². The van der Waals surface area contributed by atoms with Crippen LogP contribution >= 0.6 is 0 Å². The van der Waals surface area contributed by atoms with Gasteiger partial charge in [0, 0.05) is 19.3 Å². The zero-order valence-electron chi connectivity index (χ0n) is 6.48. The van der Waals surface area contributed by atoms with Gasteiger partial charge in [0.25, 0.3) is 6.02 Å². The first-order chi connectivity index (χ1) is 5.22. The standard InChI is InChI=1S/C6H10N4O/c1-10-4-3-5(9-10)8-6(7)11-2/h3-4H,1-2H3,(H2,7,8,9). The van der Waals surface area contributed by atoms with Crippen LogP contribution in [-0.2, 0) is 11.8 Å². The van der Waals surface area contributed by atoms with Crippen molar-refractivity contribution in [3.8, 4) is 0 Å². The Kier molecular flexibility index (Phi) is 2.10. The highest BCUT2D eigenvalue weighted by Gasteiger charge is 1.94. The van der Waals surface area contributed by atoms with Gasteiger partial charge < -0.3 is 10.5 Å². The van der Waals surface area contributed by atoms with Gasteiger partial charge in [0.05, 0.1) is 7.11 Å². The summed E-state index contributed by atoms with van der Waals surface area (Å²) in [5, 5.41) is 3.97. The van der Waals surface area contributed by atoms with Crippen LogP contribution in [0.1, 0.15) is 0 Å². The number of methoxy groups -OCH3 is 1. The first-order valence-corrected chi connectivity index (χ1v) is 3.10. The number of ether oxygens (including phenoxy) is 1. The highest BCUT2D eigenvalue weighted by molar-refractivity contribution is 5.74. The molecular formula is C6H10N4O. The van der Waals surface area contributed by atoms with Crippen molar-refractivity contribution < 1.29 is 4.74 Å². The van der Waals surface area contributed by atoms with Gasteiger partial charge in [0.15, 0.2) is 5.82 Å². The largest absolute Gasteiger partial charge is 0.468 e. The van der Waals surface area contributed by atoms with Crippen LogP contribution < -0.4 is 5.73 Å². The molecule has 0 fully saturated rings. The fraction of sp³-hybridized carbons (Fsp3) is 0.333. The molecule has 0 unspecified atom stereocenters. The molecule has 11 heavy (non-hydrogen) atoms. The van der Waals surface area contributed by atoms with Crippen LogP contribution in [0.3, 0.4) is 0 Å². The van der Waals surface area contributed by atoms with E-state index in [1.165, 1.54) is 7.11 Å². The molecule has 0 radical (unpaired) electrons. The molecule has 0 saturated heterocycles. The zero-order valence-corrected chi connectivity index (χ0v) is 6.48. The summed E-state index contributed by atoms with van der Waals surface area (Å²) in [6, 6.07) is 1.86. The number of nitrogens with two attached hydrogens (primary N) is 1. The third-order valence-corrected chi connectivity index (χ3v) is 1.13. The second-order valence-corrected chi connectivity index (χ2v) is 2.00. The Morgan fingerprint density at radius 1 is 1.82 bits per heavy atom. The Morgan fingerprint density at radius 2 is 2.55 bits per heavy atom. The quantitative estimate of drug-likeness (QED) is 0.458. The van der Waals surface area contributed by atoms with E-state index < -0.39 is 0 Å². The molecular weight excluding hydrogens is 144 g/mol. The molecule has 60 valence electrons. The molecule has 1 aromatic heterocycles. The smallest absolute Gasteiger partial charge is 0.288 e. The summed E-state index contributed by atoms with van der Waals surface area (Å²) in [5.41, 5.74) is 5.29. The van der Waals surface area contributed by atoms with E-state index in [1.54, 1.807) is 16.9 Å². The Labute approximate surface area is 64.5 Å². The molecule has 0 aromatic carbocycles. The number of amidine groups is 1. The van der Waals surface area contributed by atoms with Gasteiger partial charge in [-0.25, -0.2) is 0 Å². The lowest BCUT2D eigenvalue weighted by Gasteiger charge is -1.93. The molecule has 0 aliphatic heterocycles. The van der Waals surface area contributed by atoms with E-state index in [2.05, 4.69) is 14.8 Å². The van der Waals surface area contributed by atoms with E-state index in [0.717, 1.165) is 0 Å². The molecule has 1 aromatic rings. The fourth-order valence-electron chi connectivity index (χ4n) is 0.621. The summed E-state index contributed by atoms with van der Waals surface area (Å²) in [6.45, 7) is 0. The lowest BCUT2D eigenvalue weighted by atomic mass is 10.6. The average molecular weight is 154 g/mol. The molecule has 5 heteroatoms. The van der Waals surface area contributed by atoms with Crippen molar-refractivity contribution in [3.05, 3.63) is 12.3 Å².